The van der Waals surface area contributed by atoms with Crippen LogP contribution in [0.15, 0.2) is 53.1 Å². The Balaban J connectivity index is 2.03. The van der Waals surface area contributed by atoms with E-state index in [0.717, 1.165) is 16.5 Å². The summed E-state index contributed by atoms with van der Waals surface area (Å²) in [6.45, 7) is 0. The van der Waals surface area contributed by atoms with Crippen molar-refractivity contribution in [2.45, 2.75) is 6.04 Å². The molecule has 90 valence electrons. The standard InChI is InChI=1S/C14H11ClN2O/c15-13-6-5-12(18-13)14(16)10-3-4-11-9(8-10)2-1-7-17-11/h1-8,14H,16H2. The van der Waals surface area contributed by atoms with Gasteiger partial charge in [-0.3, -0.25) is 4.98 Å². The molecule has 0 saturated heterocycles. The van der Waals surface area contributed by atoms with Crippen molar-refractivity contribution in [1.29, 1.82) is 0 Å². The van der Waals surface area contributed by atoms with E-state index in [2.05, 4.69) is 4.98 Å². The molecule has 3 nitrogen and oxygen atoms in total. The molecule has 0 saturated carbocycles. The Morgan fingerprint density at radius 2 is 2.06 bits per heavy atom. The van der Waals surface area contributed by atoms with Crippen LogP contribution in [0.4, 0.5) is 0 Å². The minimum atomic E-state index is -0.317. The molecular formula is C14H11ClN2O. The van der Waals surface area contributed by atoms with Gasteiger partial charge in [-0.2, -0.15) is 0 Å². The molecule has 1 atom stereocenters. The summed E-state index contributed by atoms with van der Waals surface area (Å²) in [5, 5.41) is 1.41. The highest BCUT2D eigenvalue weighted by Gasteiger charge is 2.13. The summed E-state index contributed by atoms with van der Waals surface area (Å²) in [5.74, 6) is 0.656. The zero-order valence-electron chi connectivity index (χ0n) is 9.51. The van der Waals surface area contributed by atoms with Crippen molar-refractivity contribution in [2.75, 3.05) is 0 Å². The molecule has 0 aliphatic carbocycles. The molecule has 0 fully saturated rings. The van der Waals surface area contributed by atoms with Gasteiger partial charge in [-0.05, 0) is 47.5 Å². The van der Waals surface area contributed by atoms with Crippen LogP contribution < -0.4 is 5.73 Å². The zero-order chi connectivity index (χ0) is 12.5. The Hall–Kier alpha value is -1.84. The third-order valence-electron chi connectivity index (χ3n) is 2.89. The lowest BCUT2D eigenvalue weighted by Crippen LogP contribution is -2.10. The molecule has 2 N–H and O–H groups in total. The average molecular weight is 259 g/mol. The van der Waals surface area contributed by atoms with Crippen molar-refractivity contribution in [2.24, 2.45) is 5.73 Å². The van der Waals surface area contributed by atoms with Crippen molar-refractivity contribution < 1.29 is 4.42 Å². The third-order valence-corrected chi connectivity index (χ3v) is 3.09. The lowest BCUT2D eigenvalue weighted by molar-refractivity contribution is 0.491. The topological polar surface area (TPSA) is 52.0 Å². The lowest BCUT2D eigenvalue weighted by Gasteiger charge is -2.09. The Kier molecular flexibility index (Phi) is 2.78. The van der Waals surface area contributed by atoms with E-state index in [1.54, 1.807) is 18.3 Å². The van der Waals surface area contributed by atoms with E-state index in [1.807, 2.05) is 30.3 Å². The second kappa shape index (κ2) is 4.44. The highest BCUT2D eigenvalue weighted by atomic mass is 35.5. The minimum Gasteiger partial charge on any atom is -0.448 e. The fraction of sp³-hybridized carbons (Fsp3) is 0.0714. The Bertz CT molecular complexity index is 693. The van der Waals surface area contributed by atoms with Crippen molar-refractivity contribution >= 4 is 22.5 Å². The molecule has 1 unspecified atom stereocenters. The number of aromatic nitrogens is 1. The second-order valence-electron chi connectivity index (χ2n) is 4.08. The predicted molar refractivity (Wildman–Crippen MR) is 71.5 cm³/mol. The van der Waals surface area contributed by atoms with E-state index in [4.69, 9.17) is 21.8 Å². The first kappa shape index (κ1) is 11.3. The van der Waals surface area contributed by atoms with Crippen LogP contribution in [-0.2, 0) is 0 Å². The number of halogens is 1. The van der Waals surface area contributed by atoms with Crippen molar-refractivity contribution in [3.05, 3.63) is 65.2 Å². The molecule has 3 rings (SSSR count). The first-order chi connectivity index (χ1) is 8.74. The molecule has 1 aromatic carbocycles. The number of pyridine rings is 1. The monoisotopic (exact) mass is 258 g/mol. The van der Waals surface area contributed by atoms with Crippen molar-refractivity contribution in [3.8, 4) is 0 Å². The summed E-state index contributed by atoms with van der Waals surface area (Å²) in [6.07, 6.45) is 1.77. The molecule has 4 heteroatoms. The molecule has 0 aliphatic heterocycles. The van der Waals surface area contributed by atoms with E-state index in [-0.39, 0.29) is 6.04 Å². The van der Waals surface area contributed by atoms with Crippen LogP contribution in [0.1, 0.15) is 17.4 Å². The summed E-state index contributed by atoms with van der Waals surface area (Å²) in [5.41, 5.74) is 8.07. The quantitative estimate of drug-likeness (QED) is 0.765. The highest BCUT2D eigenvalue weighted by Crippen LogP contribution is 2.25. The maximum absolute atomic E-state index is 6.15. The number of fused-ring (bicyclic) bond motifs is 1. The first-order valence-corrected chi connectivity index (χ1v) is 5.97. The van der Waals surface area contributed by atoms with Crippen LogP contribution in [-0.4, -0.2) is 4.98 Å². The average Bonchev–Trinajstić information content (AvgIpc) is 2.84. The van der Waals surface area contributed by atoms with Crippen LogP contribution >= 0.6 is 11.6 Å². The number of hydrogen-bond donors (Lipinski definition) is 1. The predicted octanol–water partition coefficient (Wildman–Crippen LogP) is 3.53. The highest BCUT2D eigenvalue weighted by molar-refractivity contribution is 6.28. The fourth-order valence-electron chi connectivity index (χ4n) is 1.95. The van der Waals surface area contributed by atoms with Gasteiger partial charge in [0.2, 0.25) is 0 Å². The number of rotatable bonds is 2. The summed E-state index contributed by atoms with van der Waals surface area (Å²) in [6, 6.07) is 13.0. The van der Waals surface area contributed by atoms with E-state index in [1.165, 1.54) is 0 Å². The number of nitrogens with zero attached hydrogens (tertiary/aromatic N) is 1. The van der Waals surface area contributed by atoms with Gasteiger partial charge in [0.1, 0.15) is 5.76 Å². The molecule has 2 heterocycles. The van der Waals surface area contributed by atoms with Crippen LogP contribution in [0.2, 0.25) is 5.22 Å². The molecule has 0 amide bonds. The van der Waals surface area contributed by atoms with Gasteiger partial charge in [-0.25, -0.2) is 0 Å². The number of benzene rings is 1. The summed E-state index contributed by atoms with van der Waals surface area (Å²) >= 11 is 5.75. The molecule has 2 aromatic heterocycles. The second-order valence-corrected chi connectivity index (χ2v) is 4.45. The van der Waals surface area contributed by atoms with Gasteiger partial charge in [0.15, 0.2) is 5.22 Å². The van der Waals surface area contributed by atoms with Gasteiger partial charge in [0.05, 0.1) is 11.6 Å². The fourth-order valence-corrected chi connectivity index (χ4v) is 2.10. The van der Waals surface area contributed by atoms with E-state index in [9.17, 15) is 0 Å². The normalized spacial score (nSPS) is 12.8. The Labute approximate surface area is 109 Å². The van der Waals surface area contributed by atoms with Crippen molar-refractivity contribution in [3.63, 3.8) is 0 Å². The van der Waals surface area contributed by atoms with E-state index < -0.39 is 0 Å². The summed E-state index contributed by atoms with van der Waals surface area (Å²) in [7, 11) is 0. The number of nitrogens with two attached hydrogens (primary N) is 1. The third kappa shape index (κ3) is 1.98. The Morgan fingerprint density at radius 3 is 2.83 bits per heavy atom. The minimum absolute atomic E-state index is 0.317. The number of furan rings is 1. The van der Waals surface area contributed by atoms with Gasteiger partial charge < -0.3 is 10.2 Å². The van der Waals surface area contributed by atoms with Crippen LogP contribution in [0.3, 0.4) is 0 Å². The van der Waals surface area contributed by atoms with Crippen LogP contribution in [0, 0.1) is 0 Å². The molecule has 18 heavy (non-hydrogen) atoms. The van der Waals surface area contributed by atoms with E-state index in [0.29, 0.717) is 11.0 Å². The van der Waals surface area contributed by atoms with Gasteiger partial charge in [-0.15, -0.1) is 0 Å². The Morgan fingerprint density at radius 1 is 1.17 bits per heavy atom. The SMILES string of the molecule is NC(c1ccc2ncccc2c1)c1ccc(Cl)o1. The summed E-state index contributed by atoms with van der Waals surface area (Å²) < 4.78 is 5.34. The molecular weight excluding hydrogens is 248 g/mol. The largest absolute Gasteiger partial charge is 0.448 e. The first-order valence-electron chi connectivity index (χ1n) is 5.59. The molecule has 3 aromatic rings. The molecule has 0 aliphatic rings. The maximum Gasteiger partial charge on any atom is 0.193 e. The molecule has 0 radical (unpaired) electrons. The van der Waals surface area contributed by atoms with Crippen LogP contribution in [0.5, 0.6) is 0 Å². The van der Waals surface area contributed by atoms with Gasteiger partial charge in [0.25, 0.3) is 0 Å². The smallest absolute Gasteiger partial charge is 0.193 e. The zero-order valence-corrected chi connectivity index (χ0v) is 10.3. The van der Waals surface area contributed by atoms with Gasteiger partial charge in [-0.1, -0.05) is 12.1 Å². The van der Waals surface area contributed by atoms with Crippen LogP contribution in [0.25, 0.3) is 10.9 Å². The van der Waals surface area contributed by atoms with Crippen molar-refractivity contribution in [1.82, 2.24) is 4.98 Å². The molecule has 0 bridgehead atoms. The van der Waals surface area contributed by atoms with Gasteiger partial charge in [0, 0.05) is 11.6 Å². The molecule has 0 spiro atoms. The lowest BCUT2D eigenvalue weighted by atomic mass is 10.0. The number of hydrogen-bond acceptors (Lipinski definition) is 3. The van der Waals surface area contributed by atoms with E-state index >= 15 is 0 Å². The maximum atomic E-state index is 6.15. The summed E-state index contributed by atoms with van der Waals surface area (Å²) in [4.78, 5) is 4.27. The van der Waals surface area contributed by atoms with Gasteiger partial charge >= 0.3 is 0 Å².